The highest BCUT2D eigenvalue weighted by atomic mass is 32.2. The van der Waals surface area contributed by atoms with Crippen LogP contribution in [0.15, 0.2) is 16.3 Å². The third-order valence-corrected chi connectivity index (χ3v) is 6.60. The molecule has 2 N–H and O–H groups in total. The van der Waals surface area contributed by atoms with Crippen LogP contribution in [0, 0.1) is 0 Å². The highest BCUT2D eigenvalue weighted by Crippen LogP contribution is 2.24. The van der Waals surface area contributed by atoms with E-state index < -0.39 is 10.0 Å². The molecule has 1 aromatic heterocycles. The Hall–Kier alpha value is -0.470. The van der Waals surface area contributed by atoms with E-state index in [1.54, 1.807) is 6.07 Å². The summed E-state index contributed by atoms with van der Waals surface area (Å²) in [7, 11) is -3.40. The molecule has 1 aliphatic heterocycles. The summed E-state index contributed by atoms with van der Waals surface area (Å²) in [6.07, 6.45) is 5.79. The van der Waals surface area contributed by atoms with Crippen molar-refractivity contribution in [2.24, 2.45) is 0 Å². The van der Waals surface area contributed by atoms with E-state index in [-0.39, 0.29) is 0 Å². The smallest absolute Gasteiger partial charge is 0.262 e. The minimum absolute atomic E-state index is 0.413. The van der Waals surface area contributed by atoms with Gasteiger partial charge in [0.1, 0.15) is 4.21 Å². The summed E-state index contributed by atoms with van der Waals surface area (Å²) in [5, 5.41) is 5.22. The first-order chi connectivity index (χ1) is 9.63. The molecule has 1 aromatic rings. The van der Waals surface area contributed by atoms with Crippen molar-refractivity contribution in [3.8, 4) is 0 Å². The van der Waals surface area contributed by atoms with Crippen LogP contribution >= 0.6 is 11.3 Å². The molecule has 2 aliphatic rings. The van der Waals surface area contributed by atoms with Crippen LogP contribution in [0.3, 0.4) is 0 Å². The minimum Gasteiger partial charge on any atom is -0.309 e. The van der Waals surface area contributed by atoms with Gasteiger partial charge in [-0.05, 0) is 37.8 Å². The molecule has 112 valence electrons. The van der Waals surface area contributed by atoms with Crippen molar-refractivity contribution < 1.29 is 8.42 Å². The third-order valence-electron chi connectivity index (χ3n) is 3.65. The number of hydrogen-bond acceptors (Lipinski definition) is 5. The minimum atomic E-state index is -3.40. The molecule has 20 heavy (non-hydrogen) atoms. The maximum atomic E-state index is 12.3. The first-order valence-corrected chi connectivity index (χ1v) is 9.53. The van der Waals surface area contributed by atoms with Crippen molar-refractivity contribution in [3.05, 3.63) is 17.0 Å². The van der Waals surface area contributed by atoms with Gasteiger partial charge in [-0.25, -0.2) is 13.4 Å². The lowest BCUT2D eigenvalue weighted by Crippen LogP contribution is -2.44. The first kappa shape index (κ1) is 14.5. The highest BCUT2D eigenvalue weighted by molar-refractivity contribution is 7.91. The zero-order valence-electron chi connectivity index (χ0n) is 11.5. The Morgan fingerprint density at radius 2 is 1.95 bits per heavy atom. The van der Waals surface area contributed by atoms with E-state index in [9.17, 15) is 8.42 Å². The van der Waals surface area contributed by atoms with Gasteiger partial charge in [0, 0.05) is 30.6 Å². The van der Waals surface area contributed by atoms with Crippen molar-refractivity contribution in [1.82, 2.24) is 15.2 Å². The molecular formula is C13H21N3O2S2. The van der Waals surface area contributed by atoms with Gasteiger partial charge in [0.05, 0.1) is 0 Å². The number of thiophene rings is 1. The standard InChI is InChI=1S/C13H21N3O2S2/c17-20(18,15-16-8-2-1-3-9-16)13-7-6-12(19-13)10-14-11-4-5-11/h6-7,11,14-15H,1-5,8-10H2. The van der Waals surface area contributed by atoms with Crippen LogP contribution < -0.4 is 10.1 Å². The second-order valence-corrected chi connectivity index (χ2v) is 8.57. The molecular weight excluding hydrogens is 294 g/mol. The lowest BCUT2D eigenvalue weighted by Gasteiger charge is -2.26. The monoisotopic (exact) mass is 315 g/mol. The van der Waals surface area contributed by atoms with Gasteiger partial charge < -0.3 is 5.32 Å². The van der Waals surface area contributed by atoms with E-state index in [4.69, 9.17) is 0 Å². The predicted octanol–water partition coefficient (Wildman–Crippen LogP) is 1.68. The average molecular weight is 315 g/mol. The number of rotatable bonds is 6. The lowest BCUT2D eigenvalue weighted by molar-refractivity contribution is 0.200. The second-order valence-electron chi connectivity index (χ2n) is 5.52. The predicted molar refractivity (Wildman–Crippen MR) is 79.9 cm³/mol. The number of hydrogen-bond donors (Lipinski definition) is 2. The van der Waals surface area contributed by atoms with Crippen molar-refractivity contribution in [1.29, 1.82) is 0 Å². The summed E-state index contributed by atoms with van der Waals surface area (Å²) in [4.78, 5) is 3.78. The fraction of sp³-hybridized carbons (Fsp3) is 0.692. The van der Waals surface area contributed by atoms with E-state index >= 15 is 0 Å². The first-order valence-electron chi connectivity index (χ1n) is 7.23. The molecule has 7 heteroatoms. The largest absolute Gasteiger partial charge is 0.309 e. The van der Waals surface area contributed by atoms with E-state index in [2.05, 4.69) is 10.1 Å². The summed E-state index contributed by atoms with van der Waals surface area (Å²) >= 11 is 1.36. The van der Waals surface area contributed by atoms with Gasteiger partial charge in [0.25, 0.3) is 10.0 Å². The van der Waals surface area contributed by atoms with Crippen LogP contribution in [0.1, 0.15) is 37.0 Å². The van der Waals surface area contributed by atoms with Gasteiger partial charge in [-0.1, -0.05) is 6.42 Å². The fourth-order valence-electron chi connectivity index (χ4n) is 2.33. The Kier molecular flexibility index (Phi) is 4.42. The second kappa shape index (κ2) is 6.11. The van der Waals surface area contributed by atoms with E-state index in [1.165, 1.54) is 30.6 Å². The Balaban J connectivity index is 1.60. The molecule has 2 heterocycles. The number of hydrazine groups is 1. The van der Waals surface area contributed by atoms with Crippen LogP contribution in [0.4, 0.5) is 0 Å². The molecule has 0 atom stereocenters. The summed E-state index contributed by atoms with van der Waals surface area (Å²) in [6.45, 7) is 2.38. The fourth-order valence-corrected chi connectivity index (χ4v) is 4.75. The summed E-state index contributed by atoms with van der Waals surface area (Å²) in [6, 6.07) is 4.26. The normalized spacial score (nSPS) is 21.2. The molecule has 0 radical (unpaired) electrons. The van der Waals surface area contributed by atoms with Gasteiger partial charge in [-0.2, -0.15) is 0 Å². The van der Waals surface area contributed by atoms with E-state index in [0.717, 1.165) is 37.4 Å². The summed E-state index contributed by atoms with van der Waals surface area (Å²) in [5.74, 6) is 0. The topological polar surface area (TPSA) is 61.4 Å². The highest BCUT2D eigenvalue weighted by Gasteiger charge is 2.23. The molecule has 0 amide bonds. The van der Waals surface area contributed by atoms with E-state index in [0.29, 0.717) is 10.3 Å². The number of sulfonamides is 1. The Labute approximate surface area is 124 Å². The van der Waals surface area contributed by atoms with Gasteiger partial charge in [0.2, 0.25) is 0 Å². The molecule has 1 saturated carbocycles. The van der Waals surface area contributed by atoms with Crippen LogP contribution in [-0.4, -0.2) is 32.6 Å². The van der Waals surface area contributed by atoms with Crippen molar-refractivity contribution in [3.63, 3.8) is 0 Å². The summed E-state index contributed by atoms with van der Waals surface area (Å²) < 4.78 is 25.0. The van der Waals surface area contributed by atoms with Crippen LogP contribution in [0.2, 0.25) is 0 Å². The Bertz CT molecular complexity index is 546. The number of piperidine rings is 1. The summed E-state index contributed by atoms with van der Waals surface area (Å²) in [5.41, 5.74) is 0. The molecule has 0 bridgehead atoms. The van der Waals surface area contributed by atoms with Crippen molar-refractivity contribution in [2.45, 2.75) is 48.9 Å². The quantitative estimate of drug-likeness (QED) is 0.838. The Morgan fingerprint density at radius 3 is 2.65 bits per heavy atom. The molecule has 5 nitrogen and oxygen atoms in total. The molecule has 0 aromatic carbocycles. The van der Waals surface area contributed by atoms with Crippen molar-refractivity contribution >= 4 is 21.4 Å². The SMILES string of the molecule is O=S(=O)(NN1CCCCC1)c1ccc(CNC2CC2)s1. The third kappa shape index (κ3) is 3.79. The van der Waals surface area contributed by atoms with Gasteiger partial charge in [0.15, 0.2) is 0 Å². The van der Waals surface area contributed by atoms with Gasteiger partial charge >= 0.3 is 0 Å². The van der Waals surface area contributed by atoms with Crippen LogP contribution in [-0.2, 0) is 16.6 Å². The van der Waals surface area contributed by atoms with Gasteiger partial charge in [-0.15, -0.1) is 16.2 Å². The molecule has 2 fully saturated rings. The molecule has 0 unspecified atom stereocenters. The maximum Gasteiger partial charge on any atom is 0.262 e. The Morgan fingerprint density at radius 1 is 1.20 bits per heavy atom. The maximum absolute atomic E-state index is 12.3. The van der Waals surface area contributed by atoms with Crippen LogP contribution in [0.5, 0.6) is 0 Å². The van der Waals surface area contributed by atoms with Gasteiger partial charge in [-0.3, -0.25) is 0 Å². The molecule has 0 spiro atoms. The number of nitrogens with zero attached hydrogens (tertiary/aromatic N) is 1. The molecule has 1 aliphatic carbocycles. The van der Waals surface area contributed by atoms with Crippen LogP contribution in [0.25, 0.3) is 0 Å². The zero-order valence-corrected chi connectivity index (χ0v) is 13.1. The van der Waals surface area contributed by atoms with Crippen molar-refractivity contribution in [2.75, 3.05) is 13.1 Å². The zero-order chi connectivity index (χ0) is 14.0. The lowest BCUT2D eigenvalue weighted by atomic mass is 10.2. The molecule has 1 saturated heterocycles. The average Bonchev–Trinajstić information content (AvgIpc) is 3.13. The van der Waals surface area contributed by atoms with E-state index in [1.807, 2.05) is 11.1 Å². The number of nitrogens with one attached hydrogen (secondary N) is 2. The molecule has 3 rings (SSSR count).